The first-order valence-electron chi connectivity index (χ1n) is 11.1. The van der Waals surface area contributed by atoms with Crippen LogP contribution in [0.1, 0.15) is 28.8 Å². The summed E-state index contributed by atoms with van der Waals surface area (Å²) in [4.78, 5) is 18.0. The van der Waals surface area contributed by atoms with Crippen molar-refractivity contribution in [1.29, 1.82) is 0 Å². The van der Waals surface area contributed by atoms with Gasteiger partial charge in [-0.15, -0.1) is 0 Å². The molecule has 0 aromatic heterocycles. The Kier molecular flexibility index (Phi) is 5.81. The van der Waals surface area contributed by atoms with Crippen molar-refractivity contribution in [3.8, 4) is 5.75 Å². The van der Waals surface area contributed by atoms with Crippen LogP contribution in [-0.4, -0.2) is 18.0 Å². The highest BCUT2D eigenvalue weighted by Gasteiger charge is 2.47. The molecule has 0 saturated carbocycles. The largest absolute Gasteiger partial charge is 0.497 e. The minimum absolute atomic E-state index is 0.00766. The number of rotatable bonds is 6. The van der Waals surface area contributed by atoms with Crippen LogP contribution in [-0.2, 0) is 6.54 Å². The van der Waals surface area contributed by atoms with Crippen LogP contribution in [0.5, 0.6) is 5.75 Å². The van der Waals surface area contributed by atoms with Crippen molar-refractivity contribution in [3.05, 3.63) is 132 Å². The lowest BCUT2D eigenvalue weighted by atomic mass is 9.92. The van der Waals surface area contributed by atoms with Gasteiger partial charge in [-0.1, -0.05) is 91.0 Å². The molecule has 0 N–H and O–H groups in total. The first kappa shape index (κ1) is 20.8. The lowest BCUT2D eigenvalue weighted by Gasteiger charge is -2.29. The molecule has 2 amide bonds. The molecular weight excluding hydrogens is 408 g/mol. The van der Waals surface area contributed by atoms with Crippen LogP contribution >= 0.6 is 0 Å². The van der Waals surface area contributed by atoms with Gasteiger partial charge in [0.2, 0.25) is 0 Å². The fourth-order valence-electron chi connectivity index (χ4n) is 4.64. The lowest BCUT2D eigenvalue weighted by molar-refractivity contribution is 0.200. The van der Waals surface area contributed by atoms with E-state index in [0.29, 0.717) is 6.54 Å². The number of carbonyl (C=O) groups is 1. The summed E-state index contributed by atoms with van der Waals surface area (Å²) in [5.74, 6) is 0.766. The second-order valence-electron chi connectivity index (χ2n) is 8.18. The number of urea groups is 1. The molecule has 2 atom stereocenters. The summed E-state index contributed by atoms with van der Waals surface area (Å²) in [5.41, 5.74) is 4.18. The molecule has 1 aliphatic heterocycles. The van der Waals surface area contributed by atoms with Gasteiger partial charge in [0.05, 0.1) is 19.2 Å². The molecule has 0 radical (unpaired) electrons. The van der Waals surface area contributed by atoms with Crippen LogP contribution in [0.2, 0.25) is 0 Å². The summed E-state index contributed by atoms with van der Waals surface area (Å²) in [6, 6.07) is 38.2. The van der Waals surface area contributed by atoms with Crippen molar-refractivity contribution in [2.24, 2.45) is 0 Å². The average Bonchev–Trinajstić information content (AvgIpc) is 3.17. The third-order valence-electron chi connectivity index (χ3n) is 6.19. The summed E-state index contributed by atoms with van der Waals surface area (Å²) in [5, 5.41) is 0. The molecule has 5 rings (SSSR count). The maximum atomic E-state index is 14.1. The Morgan fingerprint density at radius 2 is 1.18 bits per heavy atom. The number of anilines is 1. The second kappa shape index (κ2) is 9.21. The minimum Gasteiger partial charge on any atom is -0.497 e. The molecule has 0 aliphatic carbocycles. The zero-order valence-electron chi connectivity index (χ0n) is 18.5. The van der Waals surface area contributed by atoms with Crippen LogP contribution in [0.25, 0.3) is 0 Å². The SMILES string of the molecule is COc1ccc(N2C(=O)N(Cc3ccccc3)C(c3ccccc3)C2c2ccccc2)cc1. The highest BCUT2D eigenvalue weighted by Crippen LogP contribution is 2.47. The van der Waals surface area contributed by atoms with Gasteiger partial charge >= 0.3 is 6.03 Å². The monoisotopic (exact) mass is 434 g/mol. The quantitative estimate of drug-likeness (QED) is 0.342. The molecule has 4 nitrogen and oxygen atoms in total. The van der Waals surface area contributed by atoms with Gasteiger partial charge < -0.3 is 9.64 Å². The van der Waals surface area contributed by atoms with Crippen molar-refractivity contribution < 1.29 is 9.53 Å². The average molecular weight is 435 g/mol. The second-order valence-corrected chi connectivity index (χ2v) is 8.18. The molecule has 1 saturated heterocycles. The fraction of sp³-hybridized carbons (Fsp3) is 0.138. The predicted octanol–water partition coefficient (Wildman–Crippen LogP) is 6.62. The highest BCUT2D eigenvalue weighted by atomic mass is 16.5. The summed E-state index contributed by atoms with van der Waals surface area (Å²) in [7, 11) is 1.65. The molecule has 164 valence electrons. The van der Waals surface area contributed by atoms with E-state index in [1.54, 1.807) is 7.11 Å². The maximum Gasteiger partial charge on any atom is 0.326 e. The molecule has 1 aliphatic rings. The Hall–Kier alpha value is -4.05. The van der Waals surface area contributed by atoms with Crippen LogP contribution in [0.15, 0.2) is 115 Å². The molecule has 0 spiro atoms. The normalized spacial score (nSPS) is 17.9. The molecular formula is C29H26N2O2. The Labute approximate surface area is 194 Å². The van der Waals surface area contributed by atoms with E-state index >= 15 is 0 Å². The fourth-order valence-corrected chi connectivity index (χ4v) is 4.64. The Bertz CT molecular complexity index is 1190. The number of carbonyl (C=O) groups excluding carboxylic acids is 1. The number of amides is 2. The van der Waals surface area contributed by atoms with E-state index in [1.807, 2.05) is 88.7 Å². The summed E-state index contributed by atoms with van der Waals surface area (Å²) >= 11 is 0. The van der Waals surface area contributed by atoms with Gasteiger partial charge in [0.25, 0.3) is 0 Å². The van der Waals surface area contributed by atoms with Crippen LogP contribution < -0.4 is 9.64 Å². The number of hydrogen-bond acceptors (Lipinski definition) is 2. The van der Waals surface area contributed by atoms with Crippen LogP contribution in [0.3, 0.4) is 0 Å². The van der Waals surface area contributed by atoms with E-state index in [-0.39, 0.29) is 18.1 Å². The van der Waals surface area contributed by atoms with Gasteiger partial charge in [-0.25, -0.2) is 4.79 Å². The predicted molar refractivity (Wildman–Crippen MR) is 131 cm³/mol. The lowest BCUT2D eigenvalue weighted by Crippen LogP contribution is -2.32. The topological polar surface area (TPSA) is 32.8 Å². The molecule has 2 unspecified atom stereocenters. The minimum atomic E-state index is -0.168. The molecule has 1 fully saturated rings. The Balaban J connectivity index is 1.66. The Morgan fingerprint density at radius 3 is 1.73 bits per heavy atom. The standard InChI is InChI=1S/C29H26N2O2/c1-33-26-19-17-25(18-20-26)31-28(24-15-9-4-10-16-24)27(23-13-7-3-8-14-23)30(29(31)32)21-22-11-5-2-6-12-22/h2-20,27-28H,21H2,1H3. The molecule has 4 aromatic carbocycles. The van der Waals surface area contributed by atoms with Gasteiger partial charge in [0, 0.05) is 12.2 Å². The molecule has 1 heterocycles. The van der Waals surface area contributed by atoms with Crippen LogP contribution in [0, 0.1) is 0 Å². The van der Waals surface area contributed by atoms with Crippen molar-refractivity contribution in [2.75, 3.05) is 12.0 Å². The van der Waals surface area contributed by atoms with Crippen molar-refractivity contribution in [3.63, 3.8) is 0 Å². The number of methoxy groups -OCH3 is 1. The summed E-state index contributed by atoms with van der Waals surface area (Å²) < 4.78 is 5.35. The van der Waals surface area contributed by atoms with Crippen molar-refractivity contribution >= 4 is 11.7 Å². The van der Waals surface area contributed by atoms with Gasteiger partial charge in [0.15, 0.2) is 0 Å². The number of hydrogen-bond donors (Lipinski definition) is 0. The van der Waals surface area contributed by atoms with E-state index < -0.39 is 0 Å². The number of ether oxygens (including phenoxy) is 1. The van der Waals surface area contributed by atoms with E-state index in [2.05, 4.69) is 36.4 Å². The van der Waals surface area contributed by atoms with E-state index in [9.17, 15) is 4.79 Å². The summed E-state index contributed by atoms with van der Waals surface area (Å²) in [6.07, 6.45) is 0. The van der Waals surface area contributed by atoms with E-state index in [4.69, 9.17) is 4.74 Å². The maximum absolute atomic E-state index is 14.1. The first-order valence-corrected chi connectivity index (χ1v) is 11.1. The molecule has 4 heteroatoms. The van der Waals surface area contributed by atoms with E-state index in [0.717, 1.165) is 28.1 Å². The van der Waals surface area contributed by atoms with Crippen molar-refractivity contribution in [1.82, 2.24) is 4.90 Å². The van der Waals surface area contributed by atoms with Gasteiger partial charge in [0.1, 0.15) is 5.75 Å². The number of nitrogens with zero attached hydrogens (tertiary/aromatic N) is 2. The first-order chi connectivity index (χ1) is 16.3. The zero-order valence-corrected chi connectivity index (χ0v) is 18.5. The molecule has 0 bridgehead atoms. The Morgan fingerprint density at radius 1 is 0.667 bits per heavy atom. The third kappa shape index (κ3) is 4.08. The summed E-state index contributed by atoms with van der Waals surface area (Å²) in [6.45, 7) is 0.537. The van der Waals surface area contributed by atoms with Gasteiger partial charge in [-0.05, 0) is 41.0 Å². The smallest absolute Gasteiger partial charge is 0.326 e. The zero-order chi connectivity index (χ0) is 22.6. The van der Waals surface area contributed by atoms with Crippen LogP contribution in [0.4, 0.5) is 10.5 Å². The highest BCUT2D eigenvalue weighted by molar-refractivity contribution is 5.96. The molecule has 33 heavy (non-hydrogen) atoms. The van der Waals surface area contributed by atoms with E-state index in [1.165, 1.54) is 0 Å². The van der Waals surface area contributed by atoms with Gasteiger partial charge in [-0.2, -0.15) is 0 Å². The number of benzene rings is 4. The third-order valence-corrected chi connectivity index (χ3v) is 6.19. The van der Waals surface area contributed by atoms with Crippen molar-refractivity contribution in [2.45, 2.75) is 18.6 Å². The molecule has 4 aromatic rings. The van der Waals surface area contributed by atoms with Gasteiger partial charge in [-0.3, -0.25) is 4.90 Å².